The van der Waals surface area contributed by atoms with Crippen LogP contribution in [0.15, 0.2) is 76.3 Å². The summed E-state index contributed by atoms with van der Waals surface area (Å²) in [5.74, 6) is -0.491. The molecule has 10 heteroatoms. The number of nitrogens with one attached hydrogen (secondary N) is 1. The van der Waals surface area contributed by atoms with Crippen molar-refractivity contribution in [2.24, 2.45) is 5.10 Å². The van der Waals surface area contributed by atoms with Gasteiger partial charge in [0, 0.05) is 22.2 Å². The molecule has 0 aliphatic carbocycles. The number of hydrogen-bond donors (Lipinski definition) is 1. The third-order valence-electron chi connectivity index (χ3n) is 4.54. The highest BCUT2D eigenvalue weighted by molar-refractivity contribution is 9.10. The topological polar surface area (TPSA) is 120 Å². The molecule has 0 radical (unpaired) electrons. The highest BCUT2D eigenvalue weighted by atomic mass is 79.9. The average molecular weight is 526 g/mol. The van der Waals surface area contributed by atoms with E-state index in [0.29, 0.717) is 16.9 Å². The molecular formula is C24H20BrN3O6. The fourth-order valence-electron chi connectivity index (χ4n) is 2.80. The van der Waals surface area contributed by atoms with Gasteiger partial charge in [-0.3, -0.25) is 14.9 Å². The Morgan fingerprint density at radius 3 is 2.53 bits per heavy atom. The maximum Gasteiger partial charge on any atom is 0.343 e. The van der Waals surface area contributed by atoms with Crippen LogP contribution >= 0.6 is 15.9 Å². The molecule has 3 aromatic carbocycles. The van der Waals surface area contributed by atoms with Crippen LogP contribution in [0.5, 0.6) is 11.5 Å². The zero-order chi connectivity index (χ0) is 24.7. The molecule has 0 aliphatic heterocycles. The van der Waals surface area contributed by atoms with Crippen molar-refractivity contribution in [1.29, 1.82) is 0 Å². The van der Waals surface area contributed by atoms with Gasteiger partial charge in [-0.2, -0.15) is 5.10 Å². The highest BCUT2D eigenvalue weighted by Crippen LogP contribution is 2.23. The van der Waals surface area contributed by atoms with Crippen LogP contribution in [0.25, 0.3) is 0 Å². The zero-order valence-corrected chi connectivity index (χ0v) is 19.8. The molecule has 174 valence electrons. The van der Waals surface area contributed by atoms with E-state index in [4.69, 9.17) is 9.47 Å². The van der Waals surface area contributed by atoms with Crippen molar-refractivity contribution in [2.45, 2.75) is 20.0 Å². The molecule has 3 aromatic rings. The number of carbonyl (C=O) groups excluding carboxylic acids is 2. The number of esters is 1. The molecule has 0 saturated heterocycles. The highest BCUT2D eigenvalue weighted by Gasteiger charge is 2.15. The van der Waals surface area contributed by atoms with Crippen LogP contribution in [0.3, 0.4) is 0 Å². The molecule has 1 N–H and O–H groups in total. The van der Waals surface area contributed by atoms with Crippen LogP contribution in [0.1, 0.15) is 28.4 Å². The minimum absolute atomic E-state index is 0.0815. The second-order valence-corrected chi connectivity index (χ2v) is 8.10. The fraction of sp³-hybridized carbons (Fsp3) is 0.125. The lowest BCUT2D eigenvalue weighted by Gasteiger charge is -2.12. The summed E-state index contributed by atoms with van der Waals surface area (Å²) < 4.78 is 11.7. The van der Waals surface area contributed by atoms with Gasteiger partial charge in [0.2, 0.25) is 0 Å². The molecule has 9 nitrogen and oxygen atoms in total. The van der Waals surface area contributed by atoms with Crippen LogP contribution in [0.4, 0.5) is 5.69 Å². The number of carbonyl (C=O) groups is 2. The van der Waals surface area contributed by atoms with Crippen molar-refractivity contribution in [3.8, 4) is 11.5 Å². The summed E-state index contributed by atoms with van der Waals surface area (Å²) in [6.45, 7) is 3.39. The quantitative estimate of drug-likeness (QED) is 0.148. The van der Waals surface area contributed by atoms with Crippen LogP contribution in [0, 0.1) is 17.0 Å². The third-order valence-corrected chi connectivity index (χ3v) is 5.03. The molecule has 0 aliphatic rings. The summed E-state index contributed by atoms with van der Waals surface area (Å²) in [6, 6.07) is 17.4. The first kappa shape index (κ1) is 24.6. The second kappa shape index (κ2) is 11.2. The predicted molar refractivity (Wildman–Crippen MR) is 129 cm³/mol. The Kier molecular flexibility index (Phi) is 8.10. The molecule has 0 aromatic heterocycles. The van der Waals surface area contributed by atoms with Crippen molar-refractivity contribution in [1.82, 2.24) is 5.43 Å². The number of benzene rings is 3. The molecular weight excluding hydrogens is 506 g/mol. The summed E-state index contributed by atoms with van der Waals surface area (Å²) in [6.07, 6.45) is 0.430. The van der Waals surface area contributed by atoms with Gasteiger partial charge >= 0.3 is 5.97 Å². The van der Waals surface area contributed by atoms with Gasteiger partial charge in [-0.15, -0.1) is 0 Å². The molecule has 1 unspecified atom stereocenters. The van der Waals surface area contributed by atoms with Gasteiger partial charge < -0.3 is 9.47 Å². The second-order valence-electron chi connectivity index (χ2n) is 7.19. The summed E-state index contributed by atoms with van der Waals surface area (Å²) in [7, 11) is 0. The van der Waals surface area contributed by atoms with Crippen LogP contribution < -0.4 is 14.9 Å². The summed E-state index contributed by atoms with van der Waals surface area (Å²) in [4.78, 5) is 35.0. The van der Waals surface area contributed by atoms with Crippen molar-refractivity contribution >= 4 is 39.7 Å². The van der Waals surface area contributed by atoms with Gasteiger partial charge in [0.05, 0.1) is 16.7 Å². The number of hydrazone groups is 1. The molecule has 1 amide bonds. The fourth-order valence-corrected chi connectivity index (χ4v) is 3.18. The molecule has 0 fully saturated rings. The number of rotatable bonds is 8. The van der Waals surface area contributed by atoms with E-state index in [9.17, 15) is 19.7 Å². The molecule has 0 heterocycles. The van der Waals surface area contributed by atoms with Gasteiger partial charge in [-0.1, -0.05) is 33.6 Å². The normalized spacial score (nSPS) is 11.6. The summed E-state index contributed by atoms with van der Waals surface area (Å²) in [5, 5.41) is 14.7. The van der Waals surface area contributed by atoms with Gasteiger partial charge in [0.25, 0.3) is 11.6 Å². The third kappa shape index (κ3) is 6.72. The number of nitro groups is 1. The number of non-ortho nitro benzene ring substituents is 1. The standard InChI is InChI=1S/C24H20BrN3O6/c1-15-4-3-5-17(12-15)24(30)34-22-11-6-19(25)13-18(22)14-26-27-23(29)16(2)33-21-9-7-20(8-10-21)28(31)32/h3-14,16H,1-2H3,(H,27,29). The molecule has 3 rings (SSSR count). The number of aryl methyl sites for hydroxylation is 1. The van der Waals surface area contributed by atoms with E-state index < -0.39 is 22.9 Å². The minimum atomic E-state index is -0.917. The first-order chi connectivity index (χ1) is 16.2. The SMILES string of the molecule is Cc1cccc(C(=O)Oc2ccc(Br)cc2C=NNC(=O)C(C)Oc2ccc([N+](=O)[O-])cc2)c1. The molecule has 34 heavy (non-hydrogen) atoms. The Morgan fingerprint density at radius 2 is 1.85 bits per heavy atom. The lowest BCUT2D eigenvalue weighted by molar-refractivity contribution is -0.384. The first-order valence-electron chi connectivity index (χ1n) is 10.1. The first-order valence-corrected chi connectivity index (χ1v) is 10.8. The van der Waals surface area contributed by atoms with E-state index >= 15 is 0 Å². The Morgan fingerprint density at radius 1 is 1.12 bits per heavy atom. The van der Waals surface area contributed by atoms with Gasteiger partial charge in [0.1, 0.15) is 11.5 Å². The molecule has 0 bridgehead atoms. The number of halogens is 1. The zero-order valence-electron chi connectivity index (χ0n) is 18.2. The Balaban J connectivity index is 1.64. The molecule has 0 saturated carbocycles. The Hall–Kier alpha value is -4.05. The van der Waals surface area contributed by atoms with E-state index in [0.717, 1.165) is 10.0 Å². The largest absolute Gasteiger partial charge is 0.481 e. The number of amides is 1. The molecule has 0 spiro atoms. The van der Waals surface area contributed by atoms with Crippen LogP contribution in [-0.2, 0) is 4.79 Å². The van der Waals surface area contributed by atoms with Crippen molar-refractivity contribution in [2.75, 3.05) is 0 Å². The van der Waals surface area contributed by atoms with Crippen LogP contribution in [-0.4, -0.2) is 29.1 Å². The maximum atomic E-state index is 12.5. The van der Waals surface area contributed by atoms with Crippen molar-refractivity contribution < 1.29 is 24.0 Å². The lowest BCUT2D eigenvalue weighted by Crippen LogP contribution is -2.33. The smallest absolute Gasteiger partial charge is 0.343 e. The average Bonchev–Trinajstić information content (AvgIpc) is 2.81. The minimum Gasteiger partial charge on any atom is -0.481 e. The van der Waals surface area contributed by atoms with E-state index in [2.05, 4.69) is 26.5 Å². The Bertz CT molecular complexity index is 1240. The van der Waals surface area contributed by atoms with Crippen LogP contribution in [0.2, 0.25) is 0 Å². The number of nitrogens with zero attached hydrogens (tertiary/aromatic N) is 2. The molecule has 1 atom stereocenters. The number of hydrogen-bond acceptors (Lipinski definition) is 7. The summed E-state index contributed by atoms with van der Waals surface area (Å²) >= 11 is 3.36. The van der Waals surface area contributed by atoms with E-state index in [-0.39, 0.29) is 11.4 Å². The maximum absolute atomic E-state index is 12.5. The van der Waals surface area contributed by atoms with E-state index in [1.165, 1.54) is 37.4 Å². The predicted octanol–water partition coefficient (Wildman–Crippen LogP) is 4.80. The van der Waals surface area contributed by atoms with Gasteiger partial charge in [0.15, 0.2) is 6.10 Å². The van der Waals surface area contributed by atoms with E-state index in [1.54, 1.807) is 36.4 Å². The number of ether oxygens (including phenoxy) is 2. The monoisotopic (exact) mass is 525 g/mol. The number of nitro benzene ring substituents is 1. The van der Waals surface area contributed by atoms with Crippen molar-refractivity contribution in [3.63, 3.8) is 0 Å². The van der Waals surface area contributed by atoms with Gasteiger partial charge in [-0.05, 0) is 56.3 Å². The lowest BCUT2D eigenvalue weighted by atomic mass is 10.1. The van der Waals surface area contributed by atoms with Gasteiger partial charge in [-0.25, -0.2) is 10.2 Å². The summed E-state index contributed by atoms with van der Waals surface area (Å²) in [5.41, 5.74) is 4.08. The Labute approximate surface area is 203 Å². The van der Waals surface area contributed by atoms with E-state index in [1.807, 2.05) is 13.0 Å². The van der Waals surface area contributed by atoms with Crippen molar-refractivity contribution in [3.05, 3.63) is 98.0 Å².